The van der Waals surface area contributed by atoms with Crippen molar-refractivity contribution in [3.63, 3.8) is 0 Å². The van der Waals surface area contributed by atoms with Gasteiger partial charge in [0.05, 0.1) is 0 Å². The van der Waals surface area contributed by atoms with Crippen LogP contribution < -0.4 is 5.32 Å². The molecule has 0 spiro atoms. The van der Waals surface area contributed by atoms with Gasteiger partial charge in [-0.2, -0.15) is 0 Å². The first kappa shape index (κ1) is 8.79. The van der Waals surface area contributed by atoms with Crippen LogP contribution in [0.25, 0.3) is 0 Å². The fraction of sp³-hybridized carbons (Fsp3) is 0.800. The Hall–Kier alpha value is -0.300. The van der Waals surface area contributed by atoms with Gasteiger partial charge in [-0.05, 0) is 32.2 Å². The Bertz CT molecular complexity index is 141. The molecule has 1 fully saturated rings. The van der Waals surface area contributed by atoms with Crippen molar-refractivity contribution in [2.45, 2.75) is 39.7 Å². The van der Waals surface area contributed by atoms with Crippen LogP contribution >= 0.6 is 0 Å². The van der Waals surface area contributed by atoms with Crippen LogP contribution in [-0.2, 0) is 0 Å². The van der Waals surface area contributed by atoms with Crippen molar-refractivity contribution >= 4 is 0 Å². The van der Waals surface area contributed by atoms with Gasteiger partial charge in [0, 0.05) is 6.04 Å². The summed E-state index contributed by atoms with van der Waals surface area (Å²) in [4.78, 5) is 0. The Morgan fingerprint density at radius 2 is 2.27 bits per heavy atom. The van der Waals surface area contributed by atoms with Crippen molar-refractivity contribution in [3.05, 3.63) is 11.6 Å². The third kappa shape index (κ3) is 2.66. The highest BCUT2D eigenvalue weighted by molar-refractivity contribution is 5.10. The summed E-state index contributed by atoms with van der Waals surface area (Å²) in [6, 6.07) is 0.678. The Labute approximate surface area is 69.9 Å². The van der Waals surface area contributed by atoms with Crippen LogP contribution in [0.2, 0.25) is 0 Å². The SMILES string of the molecule is C/C(=C/C(C)C)C1CCCN1. The van der Waals surface area contributed by atoms with Crippen LogP contribution in [-0.4, -0.2) is 12.6 Å². The topological polar surface area (TPSA) is 12.0 Å². The second kappa shape index (κ2) is 3.91. The van der Waals surface area contributed by atoms with E-state index in [-0.39, 0.29) is 0 Å². The number of hydrogen-bond acceptors (Lipinski definition) is 1. The molecule has 0 amide bonds. The molecule has 1 aliphatic heterocycles. The number of rotatable bonds is 2. The lowest BCUT2D eigenvalue weighted by atomic mass is 10.0. The van der Waals surface area contributed by atoms with E-state index in [1.165, 1.54) is 25.0 Å². The smallest absolute Gasteiger partial charge is 0.0277 e. The lowest BCUT2D eigenvalue weighted by molar-refractivity contribution is 0.674. The predicted molar refractivity (Wildman–Crippen MR) is 49.6 cm³/mol. The highest BCUT2D eigenvalue weighted by atomic mass is 14.9. The molecule has 1 heteroatoms. The van der Waals surface area contributed by atoms with Crippen molar-refractivity contribution in [1.82, 2.24) is 5.32 Å². The van der Waals surface area contributed by atoms with Crippen molar-refractivity contribution in [1.29, 1.82) is 0 Å². The first-order valence-electron chi connectivity index (χ1n) is 4.62. The van der Waals surface area contributed by atoms with Gasteiger partial charge in [-0.25, -0.2) is 0 Å². The van der Waals surface area contributed by atoms with Crippen LogP contribution in [0.15, 0.2) is 11.6 Å². The molecule has 11 heavy (non-hydrogen) atoms. The zero-order valence-corrected chi connectivity index (χ0v) is 7.85. The van der Waals surface area contributed by atoms with Gasteiger partial charge < -0.3 is 5.32 Å². The average Bonchev–Trinajstić information content (AvgIpc) is 2.35. The normalized spacial score (nSPS) is 26.5. The first-order chi connectivity index (χ1) is 5.20. The molecule has 0 saturated carbocycles. The molecular weight excluding hydrogens is 134 g/mol. The third-order valence-corrected chi connectivity index (χ3v) is 2.21. The highest BCUT2D eigenvalue weighted by Gasteiger charge is 2.14. The maximum absolute atomic E-state index is 3.49. The molecule has 0 aromatic rings. The van der Waals surface area contributed by atoms with E-state index in [1.807, 2.05) is 0 Å². The molecule has 0 radical (unpaired) electrons. The molecule has 1 atom stereocenters. The summed E-state index contributed by atoms with van der Waals surface area (Å²) >= 11 is 0. The molecule has 64 valence electrons. The second-order valence-corrected chi connectivity index (χ2v) is 3.80. The van der Waals surface area contributed by atoms with Gasteiger partial charge in [0.1, 0.15) is 0 Å². The number of allylic oxidation sites excluding steroid dienone is 1. The molecule has 1 heterocycles. The van der Waals surface area contributed by atoms with Gasteiger partial charge in [-0.15, -0.1) is 0 Å². The summed E-state index contributed by atoms with van der Waals surface area (Å²) in [5.74, 6) is 0.692. The van der Waals surface area contributed by atoms with E-state index in [1.54, 1.807) is 0 Å². The second-order valence-electron chi connectivity index (χ2n) is 3.80. The van der Waals surface area contributed by atoms with Crippen LogP contribution in [0.1, 0.15) is 33.6 Å². The summed E-state index contributed by atoms with van der Waals surface area (Å²) in [7, 11) is 0. The molecule has 1 nitrogen and oxygen atoms in total. The van der Waals surface area contributed by atoms with Crippen molar-refractivity contribution in [3.8, 4) is 0 Å². The van der Waals surface area contributed by atoms with E-state index < -0.39 is 0 Å². The van der Waals surface area contributed by atoms with E-state index >= 15 is 0 Å². The maximum Gasteiger partial charge on any atom is 0.0277 e. The van der Waals surface area contributed by atoms with E-state index in [9.17, 15) is 0 Å². The summed E-state index contributed by atoms with van der Waals surface area (Å²) in [6.07, 6.45) is 5.03. The van der Waals surface area contributed by atoms with E-state index in [4.69, 9.17) is 0 Å². The zero-order chi connectivity index (χ0) is 8.27. The molecule has 1 rings (SSSR count). The molecule has 0 aliphatic carbocycles. The van der Waals surface area contributed by atoms with Gasteiger partial charge in [-0.1, -0.05) is 25.5 Å². The number of hydrogen-bond donors (Lipinski definition) is 1. The standard InChI is InChI=1S/C10H19N/c1-8(2)7-9(3)10-5-4-6-11-10/h7-8,10-11H,4-6H2,1-3H3/b9-7-. The molecule has 0 aromatic carbocycles. The Balaban J connectivity index is 2.45. The summed E-state index contributed by atoms with van der Waals surface area (Å²) < 4.78 is 0. The molecule has 1 aliphatic rings. The van der Waals surface area contributed by atoms with Crippen molar-refractivity contribution in [2.75, 3.05) is 6.54 Å². The van der Waals surface area contributed by atoms with Crippen LogP contribution in [0.5, 0.6) is 0 Å². The molecule has 0 aromatic heterocycles. The molecule has 1 N–H and O–H groups in total. The van der Waals surface area contributed by atoms with Gasteiger partial charge in [-0.3, -0.25) is 0 Å². The quantitative estimate of drug-likeness (QED) is 0.600. The monoisotopic (exact) mass is 153 g/mol. The minimum atomic E-state index is 0.678. The van der Waals surface area contributed by atoms with Gasteiger partial charge >= 0.3 is 0 Å². The lowest BCUT2D eigenvalue weighted by Crippen LogP contribution is -2.22. The van der Waals surface area contributed by atoms with Gasteiger partial charge in [0.25, 0.3) is 0 Å². The summed E-state index contributed by atoms with van der Waals surface area (Å²) in [6.45, 7) is 7.91. The van der Waals surface area contributed by atoms with Crippen LogP contribution in [0.3, 0.4) is 0 Å². The molecule has 0 bridgehead atoms. The largest absolute Gasteiger partial charge is 0.310 e. The Morgan fingerprint density at radius 3 is 2.73 bits per heavy atom. The summed E-state index contributed by atoms with van der Waals surface area (Å²) in [5, 5.41) is 3.49. The van der Waals surface area contributed by atoms with E-state index in [2.05, 4.69) is 32.2 Å². The van der Waals surface area contributed by atoms with Crippen LogP contribution in [0, 0.1) is 5.92 Å². The Morgan fingerprint density at radius 1 is 1.55 bits per heavy atom. The van der Waals surface area contributed by atoms with Crippen LogP contribution in [0.4, 0.5) is 0 Å². The van der Waals surface area contributed by atoms with E-state index in [0.717, 1.165) is 0 Å². The van der Waals surface area contributed by atoms with Crippen molar-refractivity contribution < 1.29 is 0 Å². The molecular formula is C10H19N. The van der Waals surface area contributed by atoms with Gasteiger partial charge in [0.15, 0.2) is 0 Å². The summed E-state index contributed by atoms with van der Waals surface area (Å²) in [5.41, 5.74) is 1.53. The maximum atomic E-state index is 3.49. The van der Waals surface area contributed by atoms with Gasteiger partial charge in [0.2, 0.25) is 0 Å². The van der Waals surface area contributed by atoms with E-state index in [0.29, 0.717) is 12.0 Å². The predicted octanol–water partition coefficient (Wildman–Crippen LogP) is 2.34. The fourth-order valence-electron chi connectivity index (χ4n) is 1.72. The third-order valence-electron chi connectivity index (χ3n) is 2.21. The minimum absolute atomic E-state index is 0.678. The van der Waals surface area contributed by atoms with Crippen molar-refractivity contribution in [2.24, 2.45) is 5.92 Å². The molecule has 1 saturated heterocycles. The molecule has 1 unspecified atom stereocenters. The average molecular weight is 153 g/mol. The minimum Gasteiger partial charge on any atom is -0.310 e. The number of nitrogens with one attached hydrogen (secondary N) is 1. The lowest BCUT2D eigenvalue weighted by Gasteiger charge is -2.11. The first-order valence-corrected chi connectivity index (χ1v) is 4.62. The zero-order valence-electron chi connectivity index (χ0n) is 7.85. The highest BCUT2D eigenvalue weighted by Crippen LogP contribution is 2.15. The Kier molecular flexibility index (Phi) is 3.13. The fourth-order valence-corrected chi connectivity index (χ4v) is 1.72.